The van der Waals surface area contributed by atoms with Gasteiger partial charge in [-0.25, -0.2) is 0 Å². The first-order chi connectivity index (χ1) is 7.49. The van der Waals surface area contributed by atoms with E-state index in [-0.39, 0.29) is 11.8 Å². The number of non-ortho nitro benzene ring substituents is 1. The van der Waals surface area contributed by atoms with Crippen molar-refractivity contribution in [3.8, 4) is 0 Å². The minimum atomic E-state index is -0.465. The molecule has 0 bridgehead atoms. The number of anilines is 1. The molecule has 0 amide bonds. The van der Waals surface area contributed by atoms with Gasteiger partial charge in [0.15, 0.2) is 0 Å². The minimum Gasteiger partial charge on any atom is -0.389 e. The molecule has 1 aromatic rings. The van der Waals surface area contributed by atoms with Crippen molar-refractivity contribution in [3.05, 3.63) is 32.8 Å². The summed E-state index contributed by atoms with van der Waals surface area (Å²) in [6.07, 6.45) is -0.328. The lowest BCUT2D eigenvalue weighted by Crippen LogP contribution is -2.51. The van der Waals surface area contributed by atoms with Crippen LogP contribution in [0.25, 0.3) is 0 Å². The van der Waals surface area contributed by atoms with Crippen molar-refractivity contribution < 1.29 is 10.0 Å². The average molecular weight is 243 g/mol. The number of nitro groups is 1. The number of halogens is 1. The molecule has 1 aromatic carbocycles. The van der Waals surface area contributed by atoms with Crippen LogP contribution in [0.3, 0.4) is 0 Å². The molecule has 1 heterocycles. The summed E-state index contributed by atoms with van der Waals surface area (Å²) in [4.78, 5) is 12.1. The summed E-state index contributed by atoms with van der Waals surface area (Å²) in [5, 5.41) is 20.2. The number of nitro benzene ring substituents is 1. The summed E-state index contributed by atoms with van der Waals surface area (Å²) >= 11 is 6.01. The number of hydrogen-bond donors (Lipinski definition) is 1. The maximum atomic E-state index is 10.6. The van der Waals surface area contributed by atoms with E-state index in [1.807, 2.05) is 4.90 Å². The molecule has 86 valence electrons. The van der Waals surface area contributed by atoms with Gasteiger partial charge in [-0.1, -0.05) is 11.6 Å². The maximum absolute atomic E-state index is 10.6. The summed E-state index contributed by atoms with van der Waals surface area (Å²) in [6.45, 7) is 2.83. The van der Waals surface area contributed by atoms with Crippen molar-refractivity contribution >= 4 is 23.0 Å². The maximum Gasteiger partial charge on any atom is 0.271 e. The average Bonchev–Trinajstić information content (AvgIpc) is 2.13. The standard InChI is InChI=1S/C10H11ClN2O3/c1-6-2-7(13(15)16)3-9(11)10(6)12-4-8(14)5-12/h2-3,8,14H,4-5H2,1H3. The largest absolute Gasteiger partial charge is 0.389 e. The molecule has 1 aliphatic heterocycles. The van der Waals surface area contributed by atoms with Crippen LogP contribution < -0.4 is 4.90 Å². The van der Waals surface area contributed by atoms with Gasteiger partial charge >= 0.3 is 0 Å². The SMILES string of the molecule is Cc1cc([N+](=O)[O-])cc(Cl)c1N1CC(O)C1. The first-order valence-electron chi connectivity index (χ1n) is 4.86. The van der Waals surface area contributed by atoms with Gasteiger partial charge in [-0.15, -0.1) is 0 Å². The van der Waals surface area contributed by atoms with Crippen LogP contribution in [0.15, 0.2) is 12.1 Å². The fraction of sp³-hybridized carbons (Fsp3) is 0.400. The van der Waals surface area contributed by atoms with Crippen molar-refractivity contribution in [1.82, 2.24) is 0 Å². The fourth-order valence-electron chi connectivity index (χ4n) is 1.86. The highest BCUT2D eigenvalue weighted by molar-refractivity contribution is 6.33. The van der Waals surface area contributed by atoms with Crippen LogP contribution in [0.2, 0.25) is 5.02 Å². The van der Waals surface area contributed by atoms with Gasteiger partial charge in [0.1, 0.15) is 0 Å². The van der Waals surface area contributed by atoms with E-state index in [9.17, 15) is 15.2 Å². The Morgan fingerprint density at radius 1 is 1.56 bits per heavy atom. The number of rotatable bonds is 2. The first-order valence-corrected chi connectivity index (χ1v) is 5.24. The van der Waals surface area contributed by atoms with Gasteiger partial charge < -0.3 is 10.0 Å². The zero-order valence-corrected chi connectivity index (χ0v) is 9.44. The molecule has 0 atom stereocenters. The van der Waals surface area contributed by atoms with Crippen LogP contribution in [0.1, 0.15) is 5.56 Å². The Morgan fingerprint density at radius 3 is 2.62 bits per heavy atom. The predicted molar refractivity (Wildman–Crippen MR) is 61.1 cm³/mol. The van der Waals surface area contributed by atoms with Crippen molar-refractivity contribution in [2.24, 2.45) is 0 Å². The monoisotopic (exact) mass is 242 g/mol. The van der Waals surface area contributed by atoms with Crippen LogP contribution >= 0.6 is 11.6 Å². The molecule has 0 radical (unpaired) electrons. The van der Waals surface area contributed by atoms with E-state index < -0.39 is 4.92 Å². The smallest absolute Gasteiger partial charge is 0.271 e. The summed E-state index contributed by atoms with van der Waals surface area (Å²) in [7, 11) is 0. The summed E-state index contributed by atoms with van der Waals surface area (Å²) < 4.78 is 0. The number of nitrogens with zero attached hydrogens (tertiary/aromatic N) is 2. The quantitative estimate of drug-likeness (QED) is 0.634. The normalized spacial score (nSPS) is 16.1. The second-order valence-corrected chi connectivity index (χ2v) is 4.32. The fourth-order valence-corrected chi connectivity index (χ4v) is 2.24. The number of β-amino-alcohol motifs (C(OH)–C–C–N with tert-alkyl or cyclic N) is 1. The molecule has 0 unspecified atom stereocenters. The number of aryl methyl sites for hydroxylation is 1. The zero-order valence-electron chi connectivity index (χ0n) is 8.68. The number of aliphatic hydroxyl groups is 1. The van der Waals surface area contributed by atoms with Crippen LogP contribution in [-0.4, -0.2) is 29.2 Å². The van der Waals surface area contributed by atoms with E-state index in [1.54, 1.807) is 6.92 Å². The topological polar surface area (TPSA) is 66.6 Å². The molecule has 0 aromatic heterocycles. The zero-order chi connectivity index (χ0) is 11.9. The highest BCUT2D eigenvalue weighted by Crippen LogP contribution is 2.35. The van der Waals surface area contributed by atoms with E-state index in [0.29, 0.717) is 18.1 Å². The van der Waals surface area contributed by atoms with E-state index >= 15 is 0 Å². The van der Waals surface area contributed by atoms with E-state index in [1.165, 1.54) is 12.1 Å². The Kier molecular flexibility index (Phi) is 2.73. The predicted octanol–water partition coefficient (Wildman–Crippen LogP) is 1.74. The van der Waals surface area contributed by atoms with Crippen molar-refractivity contribution in [2.45, 2.75) is 13.0 Å². The first kappa shape index (κ1) is 11.2. The molecule has 16 heavy (non-hydrogen) atoms. The molecule has 5 nitrogen and oxygen atoms in total. The van der Waals surface area contributed by atoms with Gasteiger partial charge in [0.25, 0.3) is 5.69 Å². The number of benzene rings is 1. The summed E-state index contributed by atoms with van der Waals surface area (Å²) in [6, 6.07) is 2.83. The van der Waals surface area contributed by atoms with E-state index in [2.05, 4.69) is 0 Å². The molecule has 1 fully saturated rings. The second-order valence-electron chi connectivity index (χ2n) is 3.91. The number of hydrogen-bond acceptors (Lipinski definition) is 4. The van der Waals surface area contributed by atoms with Crippen LogP contribution in [0.4, 0.5) is 11.4 Å². The number of aliphatic hydroxyl groups excluding tert-OH is 1. The Balaban J connectivity index is 2.36. The molecular weight excluding hydrogens is 232 g/mol. The molecular formula is C10H11ClN2O3. The molecule has 0 aliphatic carbocycles. The van der Waals surface area contributed by atoms with Crippen molar-refractivity contribution in [3.63, 3.8) is 0 Å². The molecule has 1 aliphatic rings. The van der Waals surface area contributed by atoms with Gasteiger partial charge in [0.05, 0.1) is 21.7 Å². The van der Waals surface area contributed by atoms with Crippen LogP contribution in [-0.2, 0) is 0 Å². The summed E-state index contributed by atoms with van der Waals surface area (Å²) in [5.41, 5.74) is 1.52. The Morgan fingerprint density at radius 2 is 2.19 bits per heavy atom. The van der Waals surface area contributed by atoms with Gasteiger partial charge in [0.2, 0.25) is 0 Å². The van der Waals surface area contributed by atoms with Crippen molar-refractivity contribution in [2.75, 3.05) is 18.0 Å². The lowest BCUT2D eigenvalue weighted by atomic mass is 10.1. The van der Waals surface area contributed by atoms with E-state index in [4.69, 9.17) is 11.6 Å². The Hall–Kier alpha value is -1.33. The summed E-state index contributed by atoms with van der Waals surface area (Å²) in [5.74, 6) is 0. The van der Waals surface area contributed by atoms with E-state index in [0.717, 1.165) is 11.3 Å². The molecule has 6 heteroatoms. The Labute approximate surface area is 97.4 Å². The van der Waals surface area contributed by atoms with Gasteiger partial charge in [0, 0.05) is 25.2 Å². The third kappa shape index (κ3) is 1.83. The van der Waals surface area contributed by atoms with Crippen LogP contribution in [0, 0.1) is 17.0 Å². The second kappa shape index (κ2) is 3.92. The molecule has 0 spiro atoms. The molecule has 0 saturated carbocycles. The lowest BCUT2D eigenvalue weighted by molar-refractivity contribution is -0.384. The highest BCUT2D eigenvalue weighted by atomic mass is 35.5. The van der Waals surface area contributed by atoms with Gasteiger partial charge in [-0.3, -0.25) is 10.1 Å². The van der Waals surface area contributed by atoms with Gasteiger partial charge in [-0.2, -0.15) is 0 Å². The third-order valence-electron chi connectivity index (χ3n) is 2.63. The van der Waals surface area contributed by atoms with Crippen molar-refractivity contribution in [1.29, 1.82) is 0 Å². The minimum absolute atomic E-state index is 0.00711. The lowest BCUT2D eigenvalue weighted by Gasteiger charge is -2.39. The molecule has 1 saturated heterocycles. The molecule has 2 rings (SSSR count). The molecule has 1 N–H and O–H groups in total. The third-order valence-corrected chi connectivity index (χ3v) is 2.92. The highest BCUT2D eigenvalue weighted by Gasteiger charge is 2.28. The van der Waals surface area contributed by atoms with Gasteiger partial charge in [-0.05, 0) is 12.5 Å². The van der Waals surface area contributed by atoms with Crippen LogP contribution in [0.5, 0.6) is 0 Å². The Bertz CT molecular complexity index is 421.